The summed E-state index contributed by atoms with van der Waals surface area (Å²) in [5.41, 5.74) is 0. The number of ether oxygens (including phenoxy) is 1. The van der Waals surface area contributed by atoms with Crippen molar-refractivity contribution in [2.75, 3.05) is 25.0 Å². The molecular weight excluding hydrogens is 258 g/mol. The predicted octanol–water partition coefficient (Wildman–Crippen LogP) is 1.03. The van der Waals surface area contributed by atoms with Crippen LogP contribution >= 0.6 is 0 Å². The topological polar surface area (TPSA) is 67.6 Å². The molecule has 3 aliphatic rings. The molecule has 4 atom stereocenters. The van der Waals surface area contributed by atoms with Crippen molar-refractivity contribution in [3.63, 3.8) is 0 Å². The summed E-state index contributed by atoms with van der Waals surface area (Å²) in [6, 6.07) is 1.73. The van der Waals surface area contributed by atoms with Crippen molar-refractivity contribution in [1.29, 1.82) is 0 Å². The van der Waals surface area contributed by atoms with E-state index in [1.807, 2.05) is 0 Å². The summed E-state index contributed by atoms with van der Waals surface area (Å²) in [4.78, 5) is 14.3. The molecule has 1 N–H and O–H groups in total. The van der Waals surface area contributed by atoms with E-state index in [0.29, 0.717) is 42.2 Å². The van der Waals surface area contributed by atoms with Gasteiger partial charge in [-0.25, -0.2) is 0 Å². The third-order valence-corrected chi connectivity index (χ3v) is 4.79. The minimum atomic E-state index is -0.0217. The Labute approximate surface area is 117 Å². The number of carbonyl (C=O) groups is 1. The molecule has 20 heavy (non-hydrogen) atoms. The Morgan fingerprint density at radius 1 is 1.40 bits per heavy atom. The van der Waals surface area contributed by atoms with E-state index in [9.17, 15) is 4.79 Å². The number of carbonyl (C=O) groups excluding carboxylic acids is 1. The Morgan fingerprint density at radius 3 is 2.70 bits per heavy atom. The smallest absolute Gasteiger partial charge is 0.239 e. The van der Waals surface area contributed by atoms with Gasteiger partial charge in [-0.1, -0.05) is 5.16 Å². The van der Waals surface area contributed by atoms with Gasteiger partial charge in [-0.2, -0.15) is 0 Å². The van der Waals surface area contributed by atoms with Crippen LogP contribution in [0, 0.1) is 18.8 Å². The average molecular weight is 277 g/mol. The number of nitrogens with zero attached hydrogens (tertiary/aromatic N) is 2. The molecule has 0 saturated carbocycles. The maximum atomic E-state index is 12.0. The second-order valence-electron chi connectivity index (χ2n) is 6.18. The number of hydrogen-bond donors (Lipinski definition) is 1. The number of likely N-dealkylation sites (tertiary alicyclic amines) is 1. The van der Waals surface area contributed by atoms with Crippen LogP contribution in [-0.2, 0) is 9.53 Å². The molecule has 0 unspecified atom stereocenters. The van der Waals surface area contributed by atoms with Crippen molar-refractivity contribution in [3.8, 4) is 0 Å². The van der Waals surface area contributed by atoms with Crippen molar-refractivity contribution in [2.24, 2.45) is 11.8 Å². The van der Waals surface area contributed by atoms with Crippen LogP contribution in [0.15, 0.2) is 10.6 Å². The summed E-state index contributed by atoms with van der Waals surface area (Å²) in [7, 11) is 0. The first-order valence-corrected chi connectivity index (χ1v) is 7.30. The Balaban J connectivity index is 1.33. The van der Waals surface area contributed by atoms with E-state index in [1.54, 1.807) is 13.0 Å². The molecule has 1 aromatic heterocycles. The fraction of sp³-hybridized carbons (Fsp3) is 0.714. The van der Waals surface area contributed by atoms with Crippen LogP contribution in [0.5, 0.6) is 0 Å². The van der Waals surface area contributed by atoms with Crippen LogP contribution in [0.1, 0.15) is 18.6 Å². The molecule has 6 nitrogen and oxygen atoms in total. The van der Waals surface area contributed by atoms with Crippen LogP contribution < -0.4 is 5.32 Å². The van der Waals surface area contributed by atoms with Crippen LogP contribution in [0.2, 0.25) is 0 Å². The number of amides is 1. The van der Waals surface area contributed by atoms with Gasteiger partial charge in [0.2, 0.25) is 5.91 Å². The quantitative estimate of drug-likeness (QED) is 0.894. The minimum absolute atomic E-state index is 0.0217. The molecular formula is C14H19N3O3. The maximum Gasteiger partial charge on any atom is 0.239 e. The van der Waals surface area contributed by atoms with Gasteiger partial charge in [0.25, 0.3) is 0 Å². The molecule has 1 aromatic rings. The van der Waals surface area contributed by atoms with Crippen molar-refractivity contribution in [3.05, 3.63) is 11.8 Å². The highest BCUT2D eigenvalue weighted by atomic mass is 16.5. The van der Waals surface area contributed by atoms with Crippen molar-refractivity contribution < 1.29 is 14.1 Å². The molecule has 3 saturated heterocycles. The molecule has 0 aliphatic carbocycles. The van der Waals surface area contributed by atoms with Crippen molar-refractivity contribution >= 4 is 11.7 Å². The first-order valence-electron chi connectivity index (χ1n) is 7.30. The van der Waals surface area contributed by atoms with E-state index in [2.05, 4.69) is 15.4 Å². The van der Waals surface area contributed by atoms with Gasteiger partial charge in [0.05, 0.1) is 18.8 Å². The molecule has 1 amide bonds. The number of fused-ring (bicyclic) bond motifs is 5. The lowest BCUT2D eigenvalue weighted by molar-refractivity contribution is -0.117. The normalized spacial score (nSPS) is 35.5. The molecule has 0 aromatic carbocycles. The number of nitrogens with one attached hydrogen (secondary N) is 1. The highest BCUT2D eigenvalue weighted by Gasteiger charge is 2.52. The van der Waals surface area contributed by atoms with Crippen LogP contribution in [0.3, 0.4) is 0 Å². The van der Waals surface area contributed by atoms with Crippen LogP contribution in [0.4, 0.5) is 5.82 Å². The minimum Gasteiger partial charge on any atom is -0.374 e. The number of aryl methyl sites for hydroxylation is 1. The van der Waals surface area contributed by atoms with E-state index < -0.39 is 0 Å². The summed E-state index contributed by atoms with van der Waals surface area (Å²) < 4.78 is 10.9. The monoisotopic (exact) mass is 277 g/mol. The molecule has 0 radical (unpaired) electrons. The Hall–Kier alpha value is -1.40. The van der Waals surface area contributed by atoms with Gasteiger partial charge in [0.15, 0.2) is 5.82 Å². The van der Waals surface area contributed by atoms with Gasteiger partial charge in [0, 0.05) is 31.0 Å². The molecule has 2 bridgehead atoms. The van der Waals surface area contributed by atoms with Gasteiger partial charge in [-0.15, -0.1) is 0 Å². The van der Waals surface area contributed by atoms with Crippen LogP contribution in [-0.4, -0.2) is 47.8 Å². The van der Waals surface area contributed by atoms with E-state index in [0.717, 1.165) is 13.1 Å². The Kier molecular flexibility index (Phi) is 2.82. The lowest BCUT2D eigenvalue weighted by Crippen LogP contribution is -2.33. The van der Waals surface area contributed by atoms with Crippen LogP contribution in [0.25, 0.3) is 0 Å². The number of rotatable bonds is 3. The summed E-state index contributed by atoms with van der Waals surface area (Å²) >= 11 is 0. The predicted molar refractivity (Wildman–Crippen MR) is 71.2 cm³/mol. The Bertz CT molecular complexity index is 511. The zero-order chi connectivity index (χ0) is 13.7. The third-order valence-electron chi connectivity index (χ3n) is 4.79. The molecule has 4 rings (SSSR count). The van der Waals surface area contributed by atoms with Gasteiger partial charge in [0.1, 0.15) is 5.76 Å². The first-order chi connectivity index (χ1) is 9.69. The lowest BCUT2D eigenvalue weighted by atomic mass is 9.82. The highest BCUT2D eigenvalue weighted by Crippen LogP contribution is 2.46. The fourth-order valence-electron chi connectivity index (χ4n) is 3.99. The molecule has 6 heteroatoms. The summed E-state index contributed by atoms with van der Waals surface area (Å²) in [5, 5.41) is 6.55. The second kappa shape index (κ2) is 4.56. The summed E-state index contributed by atoms with van der Waals surface area (Å²) in [6.45, 7) is 4.20. The van der Waals surface area contributed by atoms with E-state index in [4.69, 9.17) is 9.26 Å². The van der Waals surface area contributed by atoms with E-state index in [-0.39, 0.29) is 5.91 Å². The fourth-order valence-corrected chi connectivity index (χ4v) is 3.99. The third kappa shape index (κ3) is 2.03. The van der Waals surface area contributed by atoms with Gasteiger partial charge < -0.3 is 14.6 Å². The average Bonchev–Trinajstić information content (AvgIpc) is 3.10. The van der Waals surface area contributed by atoms with Gasteiger partial charge in [-0.3, -0.25) is 9.69 Å². The van der Waals surface area contributed by atoms with Crippen molar-refractivity contribution in [2.45, 2.75) is 32.0 Å². The second-order valence-corrected chi connectivity index (χ2v) is 6.18. The zero-order valence-corrected chi connectivity index (χ0v) is 11.5. The molecule has 4 heterocycles. The standard InChI is InChI=1S/C14H19N3O3/c1-8-4-13(16-20-8)15-14(18)7-17-5-9-10(6-17)12-3-2-11(9)19-12/h4,9-12H,2-3,5-7H2,1H3,(H,15,16,18)/t9-,10+,11-,12-/m1/s1. The number of aromatic nitrogens is 1. The largest absolute Gasteiger partial charge is 0.374 e. The SMILES string of the molecule is Cc1cc(NC(=O)CN2C[C@@H]3[C@H](C2)[C@H]2CC[C@H]3O2)no1. The maximum absolute atomic E-state index is 12.0. The number of hydrogen-bond acceptors (Lipinski definition) is 5. The number of anilines is 1. The van der Waals surface area contributed by atoms with E-state index in [1.165, 1.54) is 12.8 Å². The lowest BCUT2D eigenvalue weighted by Gasteiger charge is -2.18. The molecule has 108 valence electrons. The van der Waals surface area contributed by atoms with Crippen molar-refractivity contribution in [1.82, 2.24) is 10.1 Å². The molecule has 3 fully saturated rings. The van der Waals surface area contributed by atoms with E-state index >= 15 is 0 Å². The Morgan fingerprint density at radius 2 is 2.10 bits per heavy atom. The molecule has 0 spiro atoms. The summed E-state index contributed by atoms with van der Waals surface area (Å²) in [6.07, 6.45) is 3.28. The zero-order valence-electron chi connectivity index (χ0n) is 11.5. The first kappa shape index (κ1) is 12.3. The highest BCUT2D eigenvalue weighted by molar-refractivity contribution is 5.91. The summed E-state index contributed by atoms with van der Waals surface area (Å²) in [5.74, 6) is 2.44. The van der Waals surface area contributed by atoms with Gasteiger partial charge >= 0.3 is 0 Å². The van der Waals surface area contributed by atoms with Gasteiger partial charge in [-0.05, 0) is 19.8 Å². The molecule has 3 aliphatic heterocycles.